The Morgan fingerprint density at radius 3 is 2.65 bits per heavy atom. The first kappa shape index (κ1) is 14.0. The van der Waals surface area contributed by atoms with Crippen molar-refractivity contribution in [1.29, 1.82) is 5.26 Å². The highest BCUT2D eigenvalue weighted by molar-refractivity contribution is 6.29. The van der Waals surface area contributed by atoms with Gasteiger partial charge in [-0.1, -0.05) is 23.7 Å². The van der Waals surface area contributed by atoms with Crippen molar-refractivity contribution in [2.45, 2.75) is 13.0 Å². The topological polar surface area (TPSA) is 78.7 Å². The molecule has 0 spiro atoms. The SMILES string of the molecule is CC(NC(=O)c1cncc(Cl)n1)c1ccc(C#N)cc1. The molecule has 6 heteroatoms. The van der Waals surface area contributed by atoms with Crippen LogP contribution in [0.15, 0.2) is 36.7 Å². The van der Waals surface area contributed by atoms with Gasteiger partial charge in [0.2, 0.25) is 0 Å². The van der Waals surface area contributed by atoms with E-state index in [-0.39, 0.29) is 22.8 Å². The van der Waals surface area contributed by atoms with E-state index in [9.17, 15) is 4.79 Å². The number of carbonyl (C=O) groups excluding carboxylic acids is 1. The van der Waals surface area contributed by atoms with Gasteiger partial charge in [-0.25, -0.2) is 4.98 Å². The van der Waals surface area contributed by atoms with Crippen molar-refractivity contribution in [3.63, 3.8) is 0 Å². The van der Waals surface area contributed by atoms with E-state index in [0.29, 0.717) is 5.56 Å². The third-order valence-corrected chi connectivity index (χ3v) is 2.91. The number of rotatable bonds is 3. The summed E-state index contributed by atoms with van der Waals surface area (Å²) in [5, 5.41) is 11.7. The van der Waals surface area contributed by atoms with Crippen LogP contribution in [0.25, 0.3) is 0 Å². The van der Waals surface area contributed by atoms with E-state index in [1.54, 1.807) is 24.3 Å². The molecule has 2 aromatic rings. The summed E-state index contributed by atoms with van der Waals surface area (Å²) < 4.78 is 0. The fourth-order valence-corrected chi connectivity index (χ4v) is 1.80. The number of benzene rings is 1. The van der Waals surface area contributed by atoms with E-state index < -0.39 is 0 Å². The highest BCUT2D eigenvalue weighted by Gasteiger charge is 2.13. The molecule has 0 aliphatic heterocycles. The summed E-state index contributed by atoms with van der Waals surface area (Å²) in [6, 6.07) is 8.84. The second-order valence-electron chi connectivity index (χ2n) is 4.16. The Morgan fingerprint density at radius 1 is 1.35 bits per heavy atom. The maximum absolute atomic E-state index is 12.0. The molecule has 0 aliphatic rings. The highest BCUT2D eigenvalue weighted by Crippen LogP contribution is 2.14. The molecule has 5 nitrogen and oxygen atoms in total. The molecule has 0 radical (unpaired) electrons. The van der Waals surface area contributed by atoms with E-state index >= 15 is 0 Å². The number of hydrogen-bond acceptors (Lipinski definition) is 4. The van der Waals surface area contributed by atoms with Crippen LogP contribution in [-0.2, 0) is 0 Å². The molecule has 1 aromatic carbocycles. The standard InChI is InChI=1S/C14H11ClN4O/c1-9(11-4-2-10(6-16)3-5-11)18-14(20)12-7-17-8-13(15)19-12/h2-5,7-9H,1H3,(H,18,20). The Morgan fingerprint density at radius 2 is 2.05 bits per heavy atom. The third kappa shape index (κ3) is 3.31. The first-order chi connectivity index (χ1) is 9.60. The third-order valence-electron chi connectivity index (χ3n) is 2.73. The van der Waals surface area contributed by atoms with Gasteiger partial charge in [-0.15, -0.1) is 0 Å². The summed E-state index contributed by atoms with van der Waals surface area (Å²) in [5.41, 5.74) is 1.64. The van der Waals surface area contributed by atoms with Gasteiger partial charge in [-0.05, 0) is 24.6 Å². The Labute approximate surface area is 121 Å². The van der Waals surface area contributed by atoms with Gasteiger partial charge in [0.25, 0.3) is 5.91 Å². The smallest absolute Gasteiger partial charge is 0.272 e. The predicted molar refractivity (Wildman–Crippen MR) is 74.1 cm³/mol. The molecule has 1 atom stereocenters. The van der Waals surface area contributed by atoms with Crippen LogP contribution >= 0.6 is 11.6 Å². The van der Waals surface area contributed by atoms with Crippen molar-refractivity contribution in [2.24, 2.45) is 0 Å². The molecule has 0 bridgehead atoms. The fourth-order valence-electron chi connectivity index (χ4n) is 1.65. The molecular weight excluding hydrogens is 276 g/mol. The van der Waals surface area contributed by atoms with E-state index in [1.807, 2.05) is 13.0 Å². The minimum Gasteiger partial charge on any atom is -0.344 e. The van der Waals surface area contributed by atoms with Crippen LogP contribution in [0.1, 0.15) is 34.6 Å². The molecule has 1 unspecified atom stereocenters. The van der Waals surface area contributed by atoms with Gasteiger partial charge in [-0.3, -0.25) is 9.78 Å². The van der Waals surface area contributed by atoms with Crippen LogP contribution in [0.5, 0.6) is 0 Å². The number of carbonyl (C=O) groups is 1. The number of nitrogens with zero attached hydrogens (tertiary/aromatic N) is 3. The second-order valence-corrected chi connectivity index (χ2v) is 4.54. The van der Waals surface area contributed by atoms with Gasteiger partial charge in [0.1, 0.15) is 10.8 Å². The van der Waals surface area contributed by atoms with Crippen LogP contribution in [0.4, 0.5) is 0 Å². The maximum Gasteiger partial charge on any atom is 0.272 e. The Bertz CT molecular complexity index is 664. The largest absolute Gasteiger partial charge is 0.344 e. The molecule has 100 valence electrons. The van der Waals surface area contributed by atoms with Gasteiger partial charge in [0.05, 0.1) is 30.1 Å². The fraction of sp³-hybridized carbons (Fsp3) is 0.143. The Hall–Kier alpha value is -2.45. The summed E-state index contributed by atoms with van der Waals surface area (Å²) in [7, 11) is 0. The van der Waals surface area contributed by atoms with Gasteiger partial charge >= 0.3 is 0 Å². The Kier molecular flexibility index (Phi) is 4.28. The first-order valence-corrected chi connectivity index (χ1v) is 6.26. The van der Waals surface area contributed by atoms with Gasteiger partial charge in [-0.2, -0.15) is 5.26 Å². The van der Waals surface area contributed by atoms with Crippen LogP contribution in [0.3, 0.4) is 0 Å². The summed E-state index contributed by atoms with van der Waals surface area (Å²) in [6.45, 7) is 1.84. The van der Waals surface area contributed by atoms with Crippen molar-refractivity contribution in [2.75, 3.05) is 0 Å². The van der Waals surface area contributed by atoms with Crippen molar-refractivity contribution >= 4 is 17.5 Å². The molecule has 0 aliphatic carbocycles. The van der Waals surface area contributed by atoms with Crippen molar-refractivity contribution in [1.82, 2.24) is 15.3 Å². The monoisotopic (exact) mass is 286 g/mol. The molecule has 1 aromatic heterocycles. The lowest BCUT2D eigenvalue weighted by Crippen LogP contribution is -2.27. The number of aromatic nitrogens is 2. The molecular formula is C14H11ClN4O. The molecule has 20 heavy (non-hydrogen) atoms. The molecule has 1 heterocycles. The van der Waals surface area contributed by atoms with Crippen LogP contribution in [0.2, 0.25) is 5.15 Å². The van der Waals surface area contributed by atoms with Crippen LogP contribution in [0, 0.1) is 11.3 Å². The summed E-state index contributed by atoms with van der Waals surface area (Å²) in [4.78, 5) is 19.7. The lowest BCUT2D eigenvalue weighted by atomic mass is 10.1. The number of nitriles is 1. The highest BCUT2D eigenvalue weighted by atomic mass is 35.5. The van der Waals surface area contributed by atoms with E-state index in [2.05, 4.69) is 15.3 Å². The van der Waals surface area contributed by atoms with E-state index in [0.717, 1.165) is 5.56 Å². The molecule has 2 rings (SSSR count). The van der Waals surface area contributed by atoms with E-state index in [1.165, 1.54) is 12.4 Å². The molecule has 0 fully saturated rings. The molecule has 1 amide bonds. The van der Waals surface area contributed by atoms with Crippen LogP contribution < -0.4 is 5.32 Å². The summed E-state index contributed by atoms with van der Waals surface area (Å²) in [6.07, 6.45) is 2.72. The van der Waals surface area contributed by atoms with Crippen molar-refractivity contribution in [3.05, 3.63) is 58.6 Å². The lowest BCUT2D eigenvalue weighted by Gasteiger charge is -2.13. The number of hydrogen-bond donors (Lipinski definition) is 1. The zero-order chi connectivity index (χ0) is 14.5. The van der Waals surface area contributed by atoms with Gasteiger partial charge < -0.3 is 5.32 Å². The van der Waals surface area contributed by atoms with E-state index in [4.69, 9.17) is 16.9 Å². The zero-order valence-electron chi connectivity index (χ0n) is 10.7. The first-order valence-electron chi connectivity index (χ1n) is 5.88. The Balaban J connectivity index is 2.09. The van der Waals surface area contributed by atoms with Crippen LogP contribution in [-0.4, -0.2) is 15.9 Å². The minimum absolute atomic E-state index is 0.165. The van der Waals surface area contributed by atoms with Crippen molar-refractivity contribution < 1.29 is 4.79 Å². The molecule has 0 saturated carbocycles. The second kappa shape index (κ2) is 6.13. The molecule has 0 saturated heterocycles. The maximum atomic E-state index is 12.0. The molecule has 1 N–H and O–H groups in total. The summed E-state index contributed by atoms with van der Waals surface area (Å²) in [5.74, 6) is -0.350. The summed E-state index contributed by atoms with van der Waals surface area (Å²) >= 11 is 5.69. The number of halogens is 1. The van der Waals surface area contributed by atoms with Gasteiger partial charge in [0, 0.05) is 0 Å². The average molecular weight is 287 g/mol. The normalized spacial score (nSPS) is 11.4. The lowest BCUT2D eigenvalue weighted by molar-refractivity contribution is 0.0934. The predicted octanol–water partition coefficient (Wildman–Crippen LogP) is 2.49. The quantitative estimate of drug-likeness (QED) is 0.940. The minimum atomic E-state index is -0.350. The van der Waals surface area contributed by atoms with Crippen molar-refractivity contribution in [3.8, 4) is 6.07 Å². The zero-order valence-corrected chi connectivity index (χ0v) is 11.4. The van der Waals surface area contributed by atoms with Gasteiger partial charge in [0.15, 0.2) is 0 Å². The average Bonchev–Trinajstić information content (AvgIpc) is 2.47. The number of amides is 1. The number of nitrogens with one attached hydrogen (secondary N) is 1.